The van der Waals surface area contributed by atoms with E-state index in [2.05, 4.69) is 4.90 Å². The van der Waals surface area contributed by atoms with Crippen LogP contribution < -0.4 is 4.74 Å². The normalized spacial score (nSPS) is 14.8. The maximum atomic E-state index is 12.6. The minimum Gasteiger partial charge on any atom is -0.492 e. The second-order valence-electron chi connectivity index (χ2n) is 6.07. The Hall–Kier alpha value is -2.93. The van der Waals surface area contributed by atoms with E-state index < -0.39 is 4.92 Å². The molecule has 0 spiro atoms. The summed E-state index contributed by atoms with van der Waals surface area (Å²) in [5.41, 5.74) is 0.00884. The van der Waals surface area contributed by atoms with Gasteiger partial charge >= 0.3 is 0 Å². The van der Waals surface area contributed by atoms with E-state index in [4.69, 9.17) is 4.74 Å². The lowest BCUT2D eigenvalue weighted by molar-refractivity contribution is -0.385. The van der Waals surface area contributed by atoms with Crippen molar-refractivity contribution in [1.29, 1.82) is 0 Å². The molecule has 1 aliphatic heterocycles. The van der Waals surface area contributed by atoms with Crippen LogP contribution in [0.3, 0.4) is 0 Å². The molecule has 0 N–H and O–H groups in total. The Balaban J connectivity index is 1.49. The van der Waals surface area contributed by atoms with Gasteiger partial charge in [-0.15, -0.1) is 0 Å². The van der Waals surface area contributed by atoms with E-state index in [0.717, 1.165) is 25.4 Å². The van der Waals surface area contributed by atoms with Gasteiger partial charge in [0, 0.05) is 38.8 Å². The molecule has 1 fully saturated rings. The predicted octanol–water partition coefficient (Wildman–Crippen LogP) is 2.43. The summed E-state index contributed by atoms with van der Waals surface area (Å²) in [7, 11) is 0. The molecule has 136 valence electrons. The van der Waals surface area contributed by atoms with Crippen molar-refractivity contribution in [3.8, 4) is 5.75 Å². The van der Waals surface area contributed by atoms with Gasteiger partial charge in [0.15, 0.2) is 0 Å². The van der Waals surface area contributed by atoms with Crippen LogP contribution >= 0.6 is 0 Å². The first-order valence-electron chi connectivity index (χ1n) is 8.58. The van der Waals surface area contributed by atoms with E-state index in [1.165, 1.54) is 12.1 Å². The zero-order chi connectivity index (χ0) is 18.4. The molecule has 0 aliphatic carbocycles. The summed E-state index contributed by atoms with van der Waals surface area (Å²) in [5, 5.41) is 11.1. The lowest BCUT2D eigenvalue weighted by atomic mass is 10.1. The molecule has 1 heterocycles. The number of ether oxygens (including phenoxy) is 1. The highest BCUT2D eigenvalue weighted by molar-refractivity contribution is 5.98. The van der Waals surface area contributed by atoms with Crippen molar-refractivity contribution in [1.82, 2.24) is 9.80 Å². The van der Waals surface area contributed by atoms with Crippen molar-refractivity contribution in [2.75, 3.05) is 39.3 Å². The second kappa shape index (κ2) is 8.44. The quantitative estimate of drug-likeness (QED) is 0.588. The zero-order valence-corrected chi connectivity index (χ0v) is 14.4. The SMILES string of the molecule is O=C(c1ccccc1[N+](=O)[O-])N1CCN(CCOc2ccccc2)CC1. The van der Waals surface area contributed by atoms with Gasteiger partial charge in [-0.05, 0) is 18.2 Å². The monoisotopic (exact) mass is 355 g/mol. The Morgan fingerprint density at radius 3 is 2.35 bits per heavy atom. The van der Waals surface area contributed by atoms with Crippen LogP contribution in [0.15, 0.2) is 54.6 Å². The van der Waals surface area contributed by atoms with E-state index in [1.54, 1.807) is 17.0 Å². The zero-order valence-electron chi connectivity index (χ0n) is 14.4. The maximum Gasteiger partial charge on any atom is 0.282 e. The Labute approximate surface area is 151 Å². The minimum absolute atomic E-state index is 0.142. The van der Waals surface area contributed by atoms with Crippen LogP contribution in [0.25, 0.3) is 0 Å². The summed E-state index contributed by atoms with van der Waals surface area (Å²) in [5.74, 6) is 0.565. The Kier molecular flexibility index (Phi) is 5.80. The number of nitro groups is 1. The second-order valence-corrected chi connectivity index (χ2v) is 6.07. The number of rotatable bonds is 6. The van der Waals surface area contributed by atoms with Gasteiger partial charge in [0.05, 0.1) is 4.92 Å². The summed E-state index contributed by atoms with van der Waals surface area (Å²) in [6.45, 7) is 3.92. The fourth-order valence-corrected chi connectivity index (χ4v) is 2.97. The Morgan fingerprint density at radius 1 is 1.00 bits per heavy atom. The molecule has 3 rings (SSSR count). The minimum atomic E-state index is -0.510. The fourth-order valence-electron chi connectivity index (χ4n) is 2.97. The molecule has 1 saturated heterocycles. The van der Waals surface area contributed by atoms with Crippen LogP contribution in [0.5, 0.6) is 5.75 Å². The first kappa shape index (κ1) is 17.9. The van der Waals surface area contributed by atoms with Crippen LogP contribution in [0.1, 0.15) is 10.4 Å². The summed E-state index contributed by atoms with van der Waals surface area (Å²) in [6, 6.07) is 15.7. The number of hydrogen-bond acceptors (Lipinski definition) is 5. The van der Waals surface area contributed by atoms with Gasteiger partial charge < -0.3 is 9.64 Å². The van der Waals surface area contributed by atoms with Crippen molar-refractivity contribution < 1.29 is 14.5 Å². The van der Waals surface area contributed by atoms with Crippen molar-refractivity contribution in [2.45, 2.75) is 0 Å². The number of piperazine rings is 1. The number of benzene rings is 2. The number of hydrogen-bond donors (Lipinski definition) is 0. The molecule has 1 amide bonds. The number of nitro benzene ring substituents is 1. The fraction of sp³-hybridized carbons (Fsp3) is 0.316. The molecule has 7 heteroatoms. The number of nitrogens with zero attached hydrogens (tertiary/aromatic N) is 3. The Bertz CT molecular complexity index is 758. The third kappa shape index (κ3) is 4.37. The first-order valence-corrected chi connectivity index (χ1v) is 8.58. The van der Waals surface area contributed by atoms with Gasteiger partial charge in [-0.25, -0.2) is 0 Å². The van der Waals surface area contributed by atoms with Crippen LogP contribution in [-0.4, -0.2) is 60.0 Å². The number of amides is 1. The highest BCUT2D eigenvalue weighted by Gasteiger charge is 2.26. The van der Waals surface area contributed by atoms with Crippen molar-refractivity contribution >= 4 is 11.6 Å². The maximum absolute atomic E-state index is 12.6. The molecule has 26 heavy (non-hydrogen) atoms. The summed E-state index contributed by atoms with van der Waals surface area (Å²) in [4.78, 5) is 27.1. The van der Waals surface area contributed by atoms with Gasteiger partial charge in [0.25, 0.3) is 11.6 Å². The standard InChI is InChI=1S/C19H21N3O4/c23-19(17-8-4-5-9-18(17)22(24)25)21-12-10-20(11-13-21)14-15-26-16-6-2-1-3-7-16/h1-9H,10-15H2. The molecule has 0 radical (unpaired) electrons. The highest BCUT2D eigenvalue weighted by Crippen LogP contribution is 2.20. The summed E-state index contributed by atoms with van der Waals surface area (Å²) in [6.07, 6.45) is 0. The average Bonchev–Trinajstić information content (AvgIpc) is 2.69. The lowest BCUT2D eigenvalue weighted by Crippen LogP contribution is -2.49. The van der Waals surface area contributed by atoms with Gasteiger partial charge in [0.1, 0.15) is 17.9 Å². The van der Waals surface area contributed by atoms with Crippen LogP contribution in [-0.2, 0) is 0 Å². The van der Waals surface area contributed by atoms with E-state index in [-0.39, 0.29) is 17.2 Å². The van der Waals surface area contributed by atoms with E-state index in [1.807, 2.05) is 30.3 Å². The van der Waals surface area contributed by atoms with Crippen LogP contribution in [0.4, 0.5) is 5.69 Å². The molecule has 1 aliphatic rings. The predicted molar refractivity (Wildman–Crippen MR) is 97.4 cm³/mol. The van der Waals surface area contributed by atoms with Gasteiger partial charge in [0.2, 0.25) is 0 Å². The number of para-hydroxylation sites is 2. The van der Waals surface area contributed by atoms with E-state index in [0.29, 0.717) is 19.7 Å². The molecule has 7 nitrogen and oxygen atoms in total. The smallest absolute Gasteiger partial charge is 0.282 e. The van der Waals surface area contributed by atoms with Crippen molar-refractivity contribution in [3.05, 3.63) is 70.3 Å². The lowest BCUT2D eigenvalue weighted by Gasteiger charge is -2.34. The number of carbonyl (C=O) groups excluding carboxylic acids is 1. The van der Waals surface area contributed by atoms with Gasteiger partial charge in [-0.3, -0.25) is 19.8 Å². The van der Waals surface area contributed by atoms with Gasteiger partial charge in [-0.2, -0.15) is 0 Å². The van der Waals surface area contributed by atoms with E-state index >= 15 is 0 Å². The van der Waals surface area contributed by atoms with Gasteiger partial charge in [-0.1, -0.05) is 30.3 Å². The molecule has 0 saturated carbocycles. The molecule has 2 aromatic carbocycles. The van der Waals surface area contributed by atoms with E-state index in [9.17, 15) is 14.9 Å². The van der Waals surface area contributed by atoms with Crippen molar-refractivity contribution in [2.24, 2.45) is 0 Å². The topological polar surface area (TPSA) is 75.9 Å². The summed E-state index contributed by atoms with van der Waals surface area (Å²) < 4.78 is 5.70. The average molecular weight is 355 g/mol. The Morgan fingerprint density at radius 2 is 1.65 bits per heavy atom. The molecule has 0 unspecified atom stereocenters. The summed E-state index contributed by atoms with van der Waals surface area (Å²) >= 11 is 0. The molecule has 2 aromatic rings. The third-order valence-electron chi connectivity index (χ3n) is 4.41. The van der Waals surface area contributed by atoms with Crippen LogP contribution in [0, 0.1) is 10.1 Å². The highest BCUT2D eigenvalue weighted by atomic mass is 16.6. The van der Waals surface area contributed by atoms with Crippen LogP contribution in [0.2, 0.25) is 0 Å². The largest absolute Gasteiger partial charge is 0.492 e. The molecular weight excluding hydrogens is 334 g/mol. The first-order chi connectivity index (χ1) is 12.6. The molecule has 0 bridgehead atoms. The van der Waals surface area contributed by atoms with Crippen molar-refractivity contribution in [3.63, 3.8) is 0 Å². The molecule has 0 atom stereocenters. The number of carbonyl (C=O) groups is 1. The molecular formula is C19H21N3O4. The molecule has 0 aromatic heterocycles. The third-order valence-corrected chi connectivity index (χ3v) is 4.41.